The molecule has 5 heteroatoms. The van der Waals surface area contributed by atoms with E-state index >= 15 is 0 Å². The third kappa shape index (κ3) is 3.53. The molecule has 98 valence electrons. The molecule has 1 aliphatic rings. The first-order valence-electron chi connectivity index (χ1n) is 6.13. The van der Waals surface area contributed by atoms with Gasteiger partial charge in [0.2, 0.25) is 0 Å². The Morgan fingerprint density at radius 1 is 1.56 bits per heavy atom. The molecular formula is C13H16BrFN2O. The Morgan fingerprint density at radius 2 is 2.39 bits per heavy atom. The molecule has 2 rings (SSSR count). The summed E-state index contributed by atoms with van der Waals surface area (Å²) in [6.07, 6.45) is 3.28. The van der Waals surface area contributed by atoms with Gasteiger partial charge in [0, 0.05) is 17.1 Å². The maximum Gasteiger partial charge on any atom is 0.252 e. The first-order chi connectivity index (χ1) is 8.66. The van der Waals surface area contributed by atoms with E-state index in [-0.39, 0.29) is 5.91 Å². The van der Waals surface area contributed by atoms with Crippen molar-refractivity contribution in [3.8, 4) is 0 Å². The number of nitrogens with one attached hydrogen (secondary N) is 2. The number of amides is 1. The lowest BCUT2D eigenvalue weighted by molar-refractivity contribution is 0.0951. The van der Waals surface area contributed by atoms with Gasteiger partial charge < -0.3 is 10.6 Å². The molecule has 1 aliphatic heterocycles. The first-order valence-corrected chi connectivity index (χ1v) is 6.93. The van der Waals surface area contributed by atoms with Crippen LogP contribution in [0.5, 0.6) is 0 Å². The molecule has 0 spiro atoms. The van der Waals surface area contributed by atoms with E-state index < -0.39 is 5.82 Å². The summed E-state index contributed by atoms with van der Waals surface area (Å²) in [6, 6.07) is 4.61. The summed E-state index contributed by atoms with van der Waals surface area (Å²) < 4.78 is 13.7. The highest BCUT2D eigenvalue weighted by Gasteiger charge is 2.15. The van der Waals surface area contributed by atoms with Crippen LogP contribution in [0.25, 0.3) is 0 Å². The van der Waals surface area contributed by atoms with Crippen LogP contribution >= 0.6 is 15.9 Å². The molecule has 18 heavy (non-hydrogen) atoms. The van der Waals surface area contributed by atoms with Crippen molar-refractivity contribution in [3.05, 3.63) is 34.1 Å². The zero-order chi connectivity index (χ0) is 13.0. The smallest absolute Gasteiger partial charge is 0.252 e. The SMILES string of the molecule is O=C(NCC[C@H]1CCCN1)c1cc(F)ccc1Br. The third-order valence-corrected chi connectivity index (χ3v) is 3.81. The molecule has 3 nitrogen and oxygen atoms in total. The fraction of sp³-hybridized carbons (Fsp3) is 0.462. The molecule has 0 radical (unpaired) electrons. The Labute approximate surface area is 114 Å². The Hall–Kier alpha value is -0.940. The largest absolute Gasteiger partial charge is 0.352 e. The molecule has 1 aromatic rings. The summed E-state index contributed by atoms with van der Waals surface area (Å²) >= 11 is 3.25. The van der Waals surface area contributed by atoms with Crippen molar-refractivity contribution in [2.24, 2.45) is 0 Å². The molecule has 0 bridgehead atoms. The second-order valence-electron chi connectivity index (χ2n) is 4.46. The van der Waals surface area contributed by atoms with E-state index in [9.17, 15) is 9.18 Å². The zero-order valence-electron chi connectivity index (χ0n) is 10.0. The lowest BCUT2D eigenvalue weighted by Gasteiger charge is -2.11. The lowest BCUT2D eigenvalue weighted by Crippen LogP contribution is -2.30. The quantitative estimate of drug-likeness (QED) is 0.896. The van der Waals surface area contributed by atoms with Gasteiger partial charge in [0.1, 0.15) is 5.82 Å². The van der Waals surface area contributed by atoms with Crippen LogP contribution in [0, 0.1) is 5.82 Å². The summed E-state index contributed by atoms with van der Waals surface area (Å²) in [5.74, 6) is -0.639. The highest BCUT2D eigenvalue weighted by atomic mass is 79.9. The number of halogens is 2. The van der Waals surface area contributed by atoms with E-state index in [1.165, 1.54) is 25.0 Å². The minimum Gasteiger partial charge on any atom is -0.352 e. The van der Waals surface area contributed by atoms with Crippen LogP contribution in [-0.2, 0) is 0 Å². The van der Waals surface area contributed by atoms with Crippen LogP contribution in [0.3, 0.4) is 0 Å². The second kappa shape index (κ2) is 6.29. The van der Waals surface area contributed by atoms with Crippen molar-refractivity contribution < 1.29 is 9.18 Å². The standard InChI is InChI=1S/C13H16BrFN2O/c14-12-4-3-9(15)8-11(12)13(18)17-7-5-10-2-1-6-16-10/h3-4,8,10,16H,1-2,5-7H2,(H,17,18)/t10-/m1/s1. The van der Waals surface area contributed by atoms with E-state index in [2.05, 4.69) is 26.6 Å². The van der Waals surface area contributed by atoms with Gasteiger partial charge >= 0.3 is 0 Å². The number of benzene rings is 1. The average Bonchev–Trinajstić information content (AvgIpc) is 2.85. The van der Waals surface area contributed by atoms with E-state index in [1.807, 2.05) is 0 Å². The van der Waals surface area contributed by atoms with E-state index in [0.29, 0.717) is 22.6 Å². The van der Waals surface area contributed by atoms with E-state index in [1.54, 1.807) is 6.07 Å². The zero-order valence-corrected chi connectivity index (χ0v) is 11.6. The maximum atomic E-state index is 13.1. The van der Waals surface area contributed by atoms with Crippen molar-refractivity contribution in [1.29, 1.82) is 0 Å². The molecule has 0 aromatic heterocycles. The van der Waals surface area contributed by atoms with E-state index in [0.717, 1.165) is 13.0 Å². The van der Waals surface area contributed by atoms with Crippen molar-refractivity contribution in [2.75, 3.05) is 13.1 Å². The fourth-order valence-electron chi connectivity index (χ4n) is 2.13. The van der Waals surface area contributed by atoms with Gasteiger partial charge in [0.05, 0.1) is 5.56 Å². The molecule has 1 aromatic carbocycles. The van der Waals surface area contributed by atoms with Crippen molar-refractivity contribution in [3.63, 3.8) is 0 Å². The first kappa shape index (κ1) is 13.5. The lowest BCUT2D eigenvalue weighted by atomic mass is 10.1. The van der Waals surface area contributed by atoms with Gasteiger partial charge in [-0.3, -0.25) is 4.79 Å². The minimum absolute atomic E-state index is 0.237. The van der Waals surface area contributed by atoms with Crippen LogP contribution in [0.4, 0.5) is 4.39 Å². The maximum absolute atomic E-state index is 13.1. The Kier molecular flexibility index (Phi) is 4.72. The topological polar surface area (TPSA) is 41.1 Å². The summed E-state index contributed by atoms with van der Waals surface area (Å²) in [7, 11) is 0. The van der Waals surface area contributed by atoms with Gasteiger partial charge in [0.15, 0.2) is 0 Å². The fourth-order valence-corrected chi connectivity index (χ4v) is 2.56. The van der Waals surface area contributed by atoms with Crippen molar-refractivity contribution >= 4 is 21.8 Å². The predicted molar refractivity (Wildman–Crippen MR) is 72.1 cm³/mol. The van der Waals surface area contributed by atoms with Crippen LogP contribution < -0.4 is 10.6 Å². The van der Waals surface area contributed by atoms with Crippen LogP contribution in [0.2, 0.25) is 0 Å². The summed E-state index contributed by atoms with van der Waals surface area (Å²) in [6.45, 7) is 1.67. The van der Waals surface area contributed by atoms with Gasteiger partial charge in [-0.1, -0.05) is 0 Å². The highest BCUT2D eigenvalue weighted by molar-refractivity contribution is 9.10. The number of rotatable bonds is 4. The highest BCUT2D eigenvalue weighted by Crippen LogP contribution is 2.17. The Morgan fingerprint density at radius 3 is 3.11 bits per heavy atom. The predicted octanol–water partition coefficient (Wildman–Crippen LogP) is 2.46. The Bertz CT molecular complexity index is 433. The van der Waals surface area contributed by atoms with Gasteiger partial charge in [-0.15, -0.1) is 0 Å². The Balaban J connectivity index is 1.85. The molecule has 1 saturated heterocycles. The molecular weight excluding hydrogens is 299 g/mol. The van der Waals surface area contributed by atoms with Gasteiger partial charge in [-0.25, -0.2) is 4.39 Å². The molecule has 1 atom stereocenters. The molecule has 0 aliphatic carbocycles. The van der Waals surface area contributed by atoms with Crippen molar-refractivity contribution in [1.82, 2.24) is 10.6 Å². The normalized spacial score (nSPS) is 18.9. The van der Waals surface area contributed by atoms with Gasteiger partial charge in [0.25, 0.3) is 5.91 Å². The molecule has 1 amide bonds. The number of hydrogen-bond donors (Lipinski definition) is 2. The number of carbonyl (C=O) groups excluding carboxylic acids is 1. The van der Waals surface area contributed by atoms with E-state index in [4.69, 9.17) is 0 Å². The molecule has 1 fully saturated rings. The van der Waals surface area contributed by atoms with Gasteiger partial charge in [-0.05, 0) is 59.9 Å². The van der Waals surface area contributed by atoms with Crippen LogP contribution in [-0.4, -0.2) is 25.0 Å². The number of carbonyl (C=O) groups is 1. The molecule has 0 unspecified atom stereocenters. The molecule has 1 heterocycles. The van der Waals surface area contributed by atoms with Crippen molar-refractivity contribution in [2.45, 2.75) is 25.3 Å². The number of hydrogen-bond acceptors (Lipinski definition) is 2. The average molecular weight is 315 g/mol. The second-order valence-corrected chi connectivity index (χ2v) is 5.32. The summed E-state index contributed by atoms with van der Waals surface area (Å²) in [5.41, 5.74) is 0.342. The molecule has 2 N–H and O–H groups in total. The van der Waals surface area contributed by atoms with Gasteiger partial charge in [-0.2, -0.15) is 0 Å². The minimum atomic E-state index is -0.402. The van der Waals surface area contributed by atoms with Crippen LogP contribution in [0.1, 0.15) is 29.6 Å². The monoisotopic (exact) mass is 314 g/mol. The third-order valence-electron chi connectivity index (χ3n) is 3.11. The summed E-state index contributed by atoms with van der Waals surface area (Å²) in [5, 5.41) is 6.19. The summed E-state index contributed by atoms with van der Waals surface area (Å²) in [4.78, 5) is 11.9. The molecule has 0 saturated carbocycles. The van der Waals surface area contributed by atoms with Crippen LogP contribution in [0.15, 0.2) is 22.7 Å².